The lowest BCUT2D eigenvalue weighted by molar-refractivity contribution is 0.0561. The molecule has 0 aliphatic heterocycles. The van der Waals surface area contributed by atoms with E-state index in [2.05, 4.69) is 14.9 Å². The SMILES string of the molecule is Cc1nn(C(F)F)cc1S(=O)(=O)NC[C@H](C)Cn1cc(Cl)cn1. The molecule has 0 fully saturated rings. The van der Waals surface area contributed by atoms with Gasteiger partial charge in [0.2, 0.25) is 10.0 Å². The third kappa shape index (κ3) is 4.49. The van der Waals surface area contributed by atoms with E-state index in [1.807, 2.05) is 6.92 Å². The summed E-state index contributed by atoms with van der Waals surface area (Å²) in [4.78, 5) is -0.257. The summed E-state index contributed by atoms with van der Waals surface area (Å²) in [6.07, 6.45) is 3.93. The van der Waals surface area contributed by atoms with Crippen molar-refractivity contribution in [3.63, 3.8) is 0 Å². The Morgan fingerprint density at radius 3 is 2.61 bits per heavy atom. The maximum Gasteiger partial charge on any atom is 0.333 e. The van der Waals surface area contributed by atoms with Crippen LogP contribution in [0, 0.1) is 12.8 Å². The van der Waals surface area contributed by atoms with Gasteiger partial charge in [0, 0.05) is 19.3 Å². The molecule has 0 radical (unpaired) electrons. The van der Waals surface area contributed by atoms with Crippen LogP contribution in [0.1, 0.15) is 19.2 Å². The number of nitrogens with zero attached hydrogens (tertiary/aromatic N) is 4. The number of halogens is 3. The zero-order valence-electron chi connectivity index (χ0n) is 12.4. The first kappa shape index (κ1) is 17.8. The number of aromatic nitrogens is 4. The first-order chi connectivity index (χ1) is 10.7. The zero-order valence-corrected chi connectivity index (χ0v) is 14.0. The van der Waals surface area contributed by atoms with Crippen LogP contribution in [-0.4, -0.2) is 34.5 Å². The molecule has 7 nitrogen and oxygen atoms in total. The number of hydrogen-bond acceptors (Lipinski definition) is 4. The van der Waals surface area contributed by atoms with Gasteiger partial charge in [-0.2, -0.15) is 19.0 Å². The molecule has 0 aliphatic carbocycles. The lowest BCUT2D eigenvalue weighted by Gasteiger charge is -2.12. The van der Waals surface area contributed by atoms with Gasteiger partial charge in [0.25, 0.3) is 0 Å². The van der Waals surface area contributed by atoms with Crippen LogP contribution in [0.4, 0.5) is 8.78 Å². The highest BCUT2D eigenvalue weighted by Crippen LogP contribution is 2.18. The van der Waals surface area contributed by atoms with Crippen LogP contribution in [0.2, 0.25) is 5.02 Å². The van der Waals surface area contributed by atoms with Crippen molar-refractivity contribution in [3.05, 3.63) is 29.3 Å². The van der Waals surface area contributed by atoms with Crippen LogP contribution in [0.25, 0.3) is 0 Å². The summed E-state index contributed by atoms with van der Waals surface area (Å²) in [7, 11) is -3.91. The second kappa shape index (κ2) is 6.93. The fourth-order valence-corrected chi connectivity index (χ4v) is 3.47. The monoisotopic (exact) mass is 367 g/mol. The number of nitrogens with one attached hydrogen (secondary N) is 1. The largest absolute Gasteiger partial charge is 0.333 e. The molecule has 0 bridgehead atoms. The van der Waals surface area contributed by atoms with Crippen LogP contribution in [-0.2, 0) is 16.6 Å². The minimum atomic E-state index is -3.91. The van der Waals surface area contributed by atoms with E-state index in [0.717, 1.165) is 6.20 Å². The molecule has 11 heteroatoms. The van der Waals surface area contributed by atoms with Crippen LogP contribution < -0.4 is 4.72 Å². The van der Waals surface area contributed by atoms with Gasteiger partial charge in [-0.05, 0) is 12.8 Å². The van der Waals surface area contributed by atoms with Crippen LogP contribution in [0.15, 0.2) is 23.5 Å². The van der Waals surface area contributed by atoms with E-state index < -0.39 is 16.6 Å². The second-order valence-electron chi connectivity index (χ2n) is 5.17. The minimum Gasteiger partial charge on any atom is -0.271 e. The molecule has 0 amide bonds. The fraction of sp³-hybridized carbons (Fsp3) is 0.500. The third-order valence-electron chi connectivity index (χ3n) is 3.08. The number of aryl methyl sites for hydroxylation is 1. The quantitative estimate of drug-likeness (QED) is 0.812. The Morgan fingerprint density at radius 2 is 2.09 bits per heavy atom. The highest BCUT2D eigenvalue weighted by molar-refractivity contribution is 7.89. The predicted octanol–water partition coefficient (Wildman–Crippen LogP) is 2.05. The van der Waals surface area contributed by atoms with Crippen molar-refractivity contribution in [2.45, 2.75) is 31.8 Å². The Labute approximate surface area is 137 Å². The summed E-state index contributed by atoms with van der Waals surface area (Å²) in [5.74, 6) is -0.0776. The van der Waals surface area contributed by atoms with E-state index in [1.165, 1.54) is 13.1 Å². The molecular formula is C12H16ClF2N5O2S. The first-order valence-electron chi connectivity index (χ1n) is 6.70. The topological polar surface area (TPSA) is 81.8 Å². The standard InChI is InChI=1S/C12H16ClF2N5O2S/c1-8(5-19-6-10(13)4-16-19)3-17-23(21,22)11-7-20(12(14)15)18-9(11)2/h4,6-8,12,17H,3,5H2,1-2H3/t8-/m0/s1. The summed E-state index contributed by atoms with van der Waals surface area (Å²) in [6.45, 7) is 0.890. The van der Waals surface area contributed by atoms with Gasteiger partial charge < -0.3 is 0 Å². The van der Waals surface area contributed by atoms with Crippen molar-refractivity contribution in [3.8, 4) is 0 Å². The van der Waals surface area contributed by atoms with Gasteiger partial charge >= 0.3 is 6.55 Å². The maximum atomic E-state index is 12.6. The van der Waals surface area contributed by atoms with E-state index in [0.29, 0.717) is 16.2 Å². The Hall–Kier alpha value is -1.52. The predicted molar refractivity (Wildman–Crippen MR) is 79.8 cm³/mol. The number of sulfonamides is 1. The molecule has 128 valence electrons. The van der Waals surface area contributed by atoms with Crippen molar-refractivity contribution in [1.82, 2.24) is 24.3 Å². The summed E-state index contributed by atoms with van der Waals surface area (Å²) in [6, 6.07) is 0. The lowest BCUT2D eigenvalue weighted by atomic mass is 10.2. The molecular weight excluding hydrogens is 352 g/mol. The van der Waals surface area contributed by atoms with Gasteiger partial charge in [0.15, 0.2) is 0 Å². The molecule has 2 aromatic heterocycles. The van der Waals surface area contributed by atoms with E-state index >= 15 is 0 Å². The molecule has 0 aromatic carbocycles. The van der Waals surface area contributed by atoms with Crippen molar-refractivity contribution < 1.29 is 17.2 Å². The second-order valence-corrected chi connectivity index (χ2v) is 7.35. The molecule has 0 unspecified atom stereocenters. The smallest absolute Gasteiger partial charge is 0.271 e. The average molecular weight is 368 g/mol. The molecule has 2 aromatic rings. The Balaban J connectivity index is 2.01. The summed E-state index contributed by atoms with van der Waals surface area (Å²) in [5.41, 5.74) is 0.0179. The Morgan fingerprint density at radius 1 is 1.39 bits per heavy atom. The van der Waals surface area contributed by atoms with Gasteiger partial charge in [0.05, 0.1) is 23.1 Å². The molecule has 0 aliphatic rings. The molecule has 1 N–H and O–H groups in total. The van der Waals surface area contributed by atoms with Crippen LogP contribution in [0.5, 0.6) is 0 Å². The van der Waals surface area contributed by atoms with Gasteiger partial charge in [-0.15, -0.1) is 0 Å². The number of rotatable bonds is 7. The molecule has 0 spiro atoms. The summed E-state index contributed by atoms with van der Waals surface area (Å²) >= 11 is 5.75. The van der Waals surface area contributed by atoms with Crippen molar-refractivity contribution in [2.24, 2.45) is 5.92 Å². The third-order valence-corrected chi connectivity index (χ3v) is 4.81. The molecule has 2 heterocycles. The summed E-state index contributed by atoms with van der Waals surface area (Å²) in [5, 5.41) is 7.99. The fourth-order valence-electron chi connectivity index (χ4n) is 1.98. The van der Waals surface area contributed by atoms with Crippen molar-refractivity contribution in [2.75, 3.05) is 6.54 Å². The Bertz CT molecular complexity index is 774. The van der Waals surface area contributed by atoms with Crippen LogP contribution >= 0.6 is 11.6 Å². The number of alkyl halides is 2. The highest BCUT2D eigenvalue weighted by atomic mass is 35.5. The van der Waals surface area contributed by atoms with E-state index in [1.54, 1.807) is 10.9 Å². The number of hydrogen-bond donors (Lipinski definition) is 1. The lowest BCUT2D eigenvalue weighted by Crippen LogP contribution is -2.30. The van der Waals surface area contributed by atoms with Crippen LogP contribution in [0.3, 0.4) is 0 Å². The Kier molecular flexibility index (Phi) is 5.37. The van der Waals surface area contributed by atoms with Gasteiger partial charge in [-0.1, -0.05) is 18.5 Å². The van der Waals surface area contributed by atoms with Gasteiger partial charge in [-0.3, -0.25) is 4.68 Å². The van der Waals surface area contributed by atoms with Gasteiger partial charge in [0.1, 0.15) is 4.90 Å². The minimum absolute atomic E-state index is 0.0179. The zero-order chi connectivity index (χ0) is 17.2. The molecule has 0 saturated carbocycles. The molecule has 1 atom stereocenters. The first-order valence-corrected chi connectivity index (χ1v) is 8.56. The molecule has 2 rings (SSSR count). The maximum absolute atomic E-state index is 12.6. The van der Waals surface area contributed by atoms with E-state index in [4.69, 9.17) is 11.6 Å². The summed E-state index contributed by atoms with van der Waals surface area (Å²) < 4.78 is 53.8. The van der Waals surface area contributed by atoms with Gasteiger partial charge in [-0.25, -0.2) is 17.8 Å². The normalized spacial score (nSPS) is 13.7. The average Bonchev–Trinajstić information content (AvgIpc) is 3.03. The molecule has 23 heavy (non-hydrogen) atoms. The van der Waals surface area contributed by atoms with Crippen molar-refractivity contribution >= 4 is 21.6 Å². The van der Waals surface area contributed by atoms with E-state index in [9.17, 15) is 17.2 Å². The highest BCUT2D eigenvalue weighted by Gasteiger charge is 2.23. The van der Waals surface area contributed by atoms with E-state index in [-0.39, 0.29) is 23.1 Å². The molecule has 0 saturated heterocycles. The van der Waals surface area contributed by atoms with Crippen molar-refractivity contribution in [1.29, 1.82) is 0 Å².